The molecule has 1 aromatic heterocycles. The van der Waals surface area contributed by atoms with Crippen LogP contribution in [-0.4, -0.2) is 49.9 Å². The molecule has 1 fully saturated rings. The number of nitrogens with zero attached hydrogens (tertiary/aromatic N) is 2. The van der Waals surface area contributed by atoms with Gasteiger partial charge in [-0.05, 0) is 80.1 Å². The Hall–Kier alpha value is -2.99. The van der Waals surface area contributed by atoms with Gasteiger partial charge in [0.05, 0.1) is 19.2 Å². The molecule has 0 aliphatic carbocycles. The summed E-state index contributed by atoms with van der Waals surface area (Å²) < 4.78 is 22.9. The maximum Gasteiger partial charge on any atom is 0.161 e. The van der Waals surface area contributed by atoms with Gasteiger partial charge in [-0.2, -0.15) is 0 Å². The number of aromatic nitrogens is 1. The number of rotatable bonds is 8. The third-order valence-electron chi connectivity index (χ3n) is 6.54. The highest BCUT2D eigenvalue weighted by atomic mass is 16.6. The molecular weight excluding hydrogens is 416 g/mol. The van der Waals surface area contributed by atoms with Gasteiger partial charge in [0, 0.05) is 24.7 Å². The first-order valence-electron chi connectivity index (χ1n) is 11.9. The smallest absolute Gasteiger partial charge is 0.161 e. The van der Waals surface area contributed by atoms with Gasteiger partial charge < -0.3 is 18.9 Å². The third-order valence-corrected chi connectivity index (χ3v) is 6.54. The van der Waals surface area contributed by atoms with Crippen LogP contribution >= 0.6 is 0 Å². The number of methoxy groups -OCH3 is 1. The van der Waals surface area contributed by atoms with Gasteiger partial charge in [-0.25, -0.2) is 0 Å². The van der Waals surface area contributed by atoms with Gasteiger partial charge in [-0.1, -0.05) is 6.07 Å². The highest BCUT2D eigenvalue weighted by molar-refractivity contribution is 5.86. The first-order valence-corrected chi connectivity index (χ1v) is 11.9. The van der Waals surface area contributed by atoms with E-state index in [0.29, 0.717) is 19.1 Å². The topological polar surface area (TPSA) is 53.1 Å². The highest BCUT2D eigenvalue weighted by Gasteiger charge is 2.21. The van der Waals surface area contributed by atoms with Gasteiger partial charge in [0.25, 0.3) is 0 Å². The van der Waals surface area contributed by atoms with Crippen molar-refractivity contribution in [3.63, 3.8) is 0 Å². The minimum atomic E-state index is 0.632. The molecule has 33 heavy (non-hydrogen) atoms. The van der Waals surface area contributed by atoms with Crippen LogP contribution in [0.2, 0.25) is 0 Å². The van der Waals surface area contributed by atoms with Gasteiger partial charge >= 0.3 is 0 Å². The average Bonchev–Trinajstić information content (AvgIpc) is 2.86. The molecular formula is C27H32N2O4. The van der Waals surface area contributed by atoms with E-state index in [4.69, 9.17) is 18.9 Å². The molecule has 0 bridgehead atoms. The second kappa shape index (κ2) is 10.3. The van der Waals surface area contributed by atoms with Crippen molar-refractivity contribution < 1.29 is 18.9 Å². The van der Waals surface area contributed by atoms with E-state index in [2.05, 4.69) is 22.0 Å². The summed E-state index contributed by atoms with van der Waals surface area (Å²) in [4.78, 5) is 7.00. The molecule has 2 aliphatic heterocycles. The Kier molecular flexibility index (Phi) is 6.81. The van der Waals surface area contributed by atoms with Gasteiger partial charge in [0.1, 0.15) is 24.7 Å². The minimum Gasteiger partial charge on any atom is -0.497 e. The number of pyridine rings is 1. The first kappa shape index (κ1) is 21.8. The molecule has 0 N–H and O–H groups in total. The Morgan fingerprint density at radius 1 is 1.06 bits per heavy atom. The lowest BCUT2D eigenvalue weighted by molar-refractivity contribution is 0.153. The highest BCUT2D eigenvalue weighted by Crippen LogP contribution is 2.32. The third kappa shape index (κ3) is 5.33. The number of hydrogen-bond acceptors (Lipinski definition) is 6. The number of fused-ring (bicyclic) bond motifs is 2. The van der Waals surface area contributed by atoms with Crippen LogP contribution in [-0.2, 0) is 6.54 Å². The van der Waals surface area contributed by atoms with E-state index in [1.165, 1.54) is 24.8 Å². The first-order chi connectivity index (χ1) is 16.3. The second-order valence-corrected chi connectivity index (χ2v) is 8.90. The molecule has 0 radical (unpaired) electrons. The van der Waals surface area contributed by atoms with Crippen molar-refractivity contribution >= 4 is 10.9 Å². The number of piperidine rings is 1. The fraction of sp³-hybridized carbons (Fsp3) is 0.444. The summed E-state index contributed by atoms with van der Waals surface area (Å²) >= 11 is 0. The predicted molar refractivity (Wildman–Crippen MR) is 128 cm³/mol. The molecule has 0 saturated carbocycles. The number of hydrogen-bond donors (Lipinski definition) is 0. The fourth-order valence-corrected chi connectivity index (χ4v) is 4.88. The van der Waals surface area contributed by atoms with Crippen LogP contribution in [0.15, 0.2) is 48.7 Å². The van der Waals surface area contributed by atoms with Crippen LogP contribution in [0.5, 0.6) is 23.0 Å². The molecule has 2 aliphatic rings. The van der Waals surface area contributed by atoms with Crippen LogP contribution in [0, 0.1) is 5.92 Å². The van der Waals surface area contributed by atoms with E-state index >= 15 is 0 Å². The van der Waals surface area contributed by atoms with Crippen LogP contribution in [0.4, 0.5) is 0 Å². The van der Waals surface area contributed by atoms with Gasteiger partial charge in [0.2, 0.25) is 0 Å². The molecule has 1 unspecified atom stereocenters. The quantitative estimate of drug-likeness (QED) is 0.448. The van der Waals surface area contributed by atoms with E-state index in [1.54, 1.807) is 13.3 Å². The Balaban J connectivity index is 1.11. The Morgan fingerprint density at radius 2 is 1.97 bits per heavy atom. The SMILES string of the molecule is COc1ccc2nccc(OCCCC3CCCN(Cc4ccc5c(c4)OCCO5)C3)c2c1. The fourth-order valence-electron chi connectivity index (χ4n) is 4.88. The molecule has 2 aromatic carbocycles. The molecule has 5 rings (SSSR count). The molecule has 0 amide bonds. The monoisotopic (exact) mass is 448 g/mol. The zero-order valence-corrected chi connectivity index (χ0v) is 19.3. The maximum atomic E-state index is 6.15. The lowest BCUT2D eigenvalue weighted by atomic mass is 9.93. The standard InChI is InChI=1S/C27H32N2O4/c1-30-22-7-8-24-23(17-22)25(10-11-28-24)31-13-3-5-20-4-2-12-29(18-20)19-21-6-9-26-27(16-21)33-15-14-32-26/h6-11,16-17,20H,2-5,12-15,18-19H2,1H3. The van der Waals surface area contributed by atoms with Crippen LogP contribution < -0.4 is 18.9 Å². The minimum absolute atomic E-state index is 0.632. The van der Waals surface area contributed by atoms with Crippen LogP contribution in [0.3, 0.4) is 0 Å². The van der Waals surface area contributed by atoms with E-state index in [1.807, 2.05) is 30.3 Å². The summed E-state index contributed by atoms with van der Waals surface area (Å²) in [5, 5.41) is 1.00. The van der Waals surface area contributed by atoms with E-state index in [9.17, 15) is 0 Å². The Labute approximate surface area is 195 Å². The lowest BCUT2D eigenvalue weighted by Crippen LogP contribution is -2.35. The summed E-state index contributed by atoms with van der Waals surface area (Å²) in [5.41, 5.74) is 2.22. The molecule has 3 heterocycles. The second-order valence-electron chi connectivity index (χ2n) is 8.90. The number of likely N-dealkylation sites (tertiary alicyclic amines) is 1. The zero-order valence-electron chi connectivity index (χ0n) is 19.3. The normalized spacial score (nSPS) is 18.3. The molecule has 6 heteroatoms. The van der Waals surface area contributed by atoms with Crippen molar-refractivity contribution in [2.75, 3.05) is 40.0 Å². The predicted octanol–water partition coefficient (Wildman–Crippen LogP) is 5.09. The van der Waals surface area contributed by atoms with Gasteiger partial charge in [-0.15, -0.1) is 0 Å². The summed E-state index contributed by atoms with van der Waals surface area (Å²) in [5.74, 6) is 4.16. The average molecular weight is 449 g/mol. The largest absolute Gasteiger partial charge is 0.497 e. The summed E-state index contributed by atoms with van der Waals surface area (Å²) in [6.45, 7) is 5.25. The number of benzene rings is 2. The molecule has 174 valence electrons. The van der Waals surface area contributed by atoms with Gasteiger partial charge in [-0.3, -0.25) is 9.88 Å². The van der Waals surface area contributed by atoms with E-state index in [0.717, 1.165) is 66.6 Å². The number of ether oxygens (including phenoxy) is 4. The Bertz CT molecular complexity index is 1090. The van der Waals surface area contributed by atoms with Crippen molar-refractivity contribution in [1.82, 2.24) is 9.88 Å². The summed E-state index contributed by atoms with van der Waals surface area (Å²) in [6, 6.07) is 14.2. The van der Waals surface area contributed by atoms with Crippen LogP contribution in [0.1, 0.15) is 31.2 Å². The molecule has 0 spiro atoms. The Morgan fingerprint density at radius 3 is 2.88 bits per heavy atom. The molecule has 1 saturated heterocycles. The summed E-state index contributed by atoms with van der Waals surface area (Å²) in [7, 11) is 1.68. The summed E-state index contributed by atoms with van der Waals surface area (Å²) in [6.07, 6.45) is 6.60. The maximum absolute atomic E-state index is 6.15. The van der Waals surface area contributed by atoms with Crippen molar-refractivity contribution in [1.29, 1.82) is 0 Å². The van der Waals surface area contributed by atoms with Crippen molar-refractivity contribution in [3.05, 3.63) is 54.2 Å². The van der Waals surface area contributed by atoms with Crippen molar-refractivity contribution in [3.8, 4) is 23.0 Å². The van der Waals surface area contributed by atoms with E-state index < -0.39 is 0 Å². The molecule has 3 aromatic rings. The van der Waals surface area contributed by atoms with E-state index in [-0.39, 0.29) is 0 Å². The zero-order chi connectivity index (χ0) is 22.5. The van der Waals surface area contributed by atoms with Crippen LogP contribution in [0.25, 0.3) is 10.9 Å². The van der Waals surface area contributed by atoms with Gasteiger partial charge in [0.15, 0.2) is 11.5 Å². The lowest BCUT2D eigenvalue weighted by Gasteiger charge is -2.33. The van der Waals surface area contributed by atoms with Crippen molar-refractivity contribution in [2.24, 2.45) is 5.92 Å². The molecule has 1 atom stereocenters. The van der Waals surface area contributed by atoms with Crippen molar-refractivity contribution in [2.45, 2.75) is 32.2 Å². The molecule has 6 nitrogen and oxygen atoms in total.